The summed E-state index contributed by atoms with van der Waals surface area (Å²) in [7, 11) is 0. The fourth-order valence-corrected chi connectivity index (χ4v) is 2.23. The van der Waals surface area contributed by atoms with Crippen molar-refractivity contribution in [3.8, 4) is 0 Å². The van der Waals surface area contributed by atoms with E-state index in [1.165, 1.54) is 17.4 Å². The molecule has 92 valence electrons. The molecule has 1 aromatic rings. The van der Waals surface area contributed by atoms with E-state index in [-0.39, 0.29) is 11.2 Å². The second-order valence-corrected chi connectivity index (χ2v) is 5.51. The molecule has 17 heavy (non-hydrogen) atoms. The van der Waals surface area contributed by atoms with Gasteiger partial charge in [-0.1, -0.05) is 0 Å². The summed E-state index contributed by atoms with van der Waals surface area (Å²) >= 11 is 0. The Labute approximate surface area is 99.9 Å². The highest BCUT2D eigenvalue weighted by atomic mass is 16.2. The van der Waals surface area contributed by atoms with Crippen LogP contribution in [0.1, 0.15) is 31.4 Å². The molecular formula is C13H18N2O2. The maximum Gasteiger partial charge on any atom is 0.331 e. The fourth-order valence-electron chi connectivity index (χ4n) is 2.23. The molecule has 2 aliphatic carbocycles. The van der Waals surface area contributed by atoms with Gasteiger partial charge in [0.15, 0.2) is 0 Å². The number of nitrogens with zero attached hydrogens (tertiary/aromatic N) is 2. The van der Waals surface area contributed by atoms with Crippen LogP contribution in [0.3, 0.4) is 0 Å². The highest BCUT2D eigenvalue weighted by Crippen LogP contribution is 2.31. The molecule has 2 saturated carbocycles. The van der Waals surface area contributed by atoms with Crippen LogP contribution in [0.4, 0.5) is 0 Å². The van der Waals surface area contributed by atoms with Gasteiger partial charge in [0.25, 0.3) is 5.56 Å². The molecule has 0 radical (unpaired) electrons. The first-order chi connectivity index (χ1) is 8.15. The number of aryl methyl sites for hydroxylation is 1. The zero-order chi connectivity index (χ0) is 12.0. The lowest BCUT2D eigenvalue weighted by Gasteiger charge is -2.12. The Hall–Kier alpha value is -1.32. The molecule has 0 spiro atoms. The standard InChI is InChI=1S/C13H18N2O2/c1-9-6-12(16)15(8-11-4-5-11)13(17)14(9)7-10-2-3-10/h6,10-11H,2-5,7-8H2,1H3. The van der Waals surface area contributed by atoms with Crippen molar-refractivity contribution in [3.05, 3.63) is 32.6 Å². The quantitative estimate of drug-likeness (QED) is 0.784. The Bertz CT molecular complexity index is 548. The minimum absolute atomic E-state index is 0.103. The summed E-state index contributed by atoms with van der Waals surface area (Å²) in [6.07, 6.45) is 4.74. The highest BCUT2D eigenvalue weighted by molar-refractivity contribution is 5.01. The van der Waals surface area contributed by atoms with Gasteiger partial charge in [0, 0.05) is 24.8 Å². The molecule has 0 aliphatic heterocycles. The summed E-state index contributed by atoms with van der Waals surface area (Å²) in [5.41, 5.74) is 0.569. The molecule has 2 fully saturated rings. The highest BCUT2D eigenvalue weighted by Gasteiger charge is 2.26. The zero-order valence-corrected chi connectivity index (χ0v) is 10.2. The lowest BCUT2D eigenvalue weighted by molar-refractivity contribution is 0.497. The van der Waals surface area contributed by atoms with Gasteiger partial charge in [0.1, 0.15) is 0 Å². The van der Waals surface area contributed by atoms with Crippen LogP contribution in [0, 0.1) is 18.8 Å². The minimum atomic E-state index is -0.133. The maximum atomic E-state index is 12.3. The molecule has 4 nitrogen and oxygen atoms in total. The van der Waals surface area contributed by atoms with Crippen molar-refractivity contribution < 1.29 is 0 Å². The first-order valence-electron chi connectivity index (χ1n) is 6.46. The topological polar surface area (TPSA) is 44.0 Å². The largest absolute Gasteiger partial charge is 0.331 e. The van der Waals surface area contributed by atoms with Crippen molar-refractivity contribution in [1.29, 1.82) is 0 Å². The van der Waals surface area contributed by atoms with Gasteiger partial charge in [0.05, 0.1) is 0 Å². The molecule has 2 aliphatic rings. The molecule has 0 amide bonds. The molecular weight excluding hydrogens is 216 g/mol. The Kier molecular flexibility index (Phi) is 2.45. The Morgan fingerprint density at radius 1 is 1.06 bits per heavy atom. The molecule has 0 aromatic carbocycles. The van der Waals surface area contributed by atoms with E-state index in [9.17, 15) is 9.59 Å². The molecule has 3 rings (SSSR count). The Balaban J connectivity index is 2.00. The first kappa shape index (κ1) is 10.8. The van der Waals surface area contributed by atoms with Gasteiger partial charge in [-0.25, -0.2) is 4.79 Å². The first-order valence-corrected chi connectivity index (χ1v) is 6.46. The lowest BCUT2D eigenvalue weighted by Crippen LogP contribution is -2.41. The van der Waals surface area contributed by atoms with E-state index < -0.39 is 0 Å². The molecule has 0 atom stereocenters. The summed E-state index contributed by atoms with van der Waals surface area (Å²) in [5.74, 6) is 1.20. The van der Waals surface area contributed by atoms with Crippen LogP contribution in [0.25, 0.3) is 0 Å². The third-order valence-corrected chi connectivity index (χ3v) is 3.76. The molecule has 0 bridgehead atoms. The van der Waals surface area contributed by atoms with Gasteiger partial charge in [0.2, 0.25) is 0 Å². The lowest BCUT2D eigenvalue weighted by atomic mass is 10.3. The van der Waals surface area contributed by atoms with E-state index in [0.29, 0.717) is 18.4 Å². The van der Waals surface area contributed by atoms with Crippen LogP contribution in [0.2, 0.25) is 0 Å². The van der Waals surface area contributed by atoms with Crippen LogP contribution in [0.5, 0.6) is 0 Å². The maximum absolute atomic E-state index is 12.3. The van der Waals surface area contributed by atoms with Crippen LogP contribution < -0.4 is 11.2 Å². The molecule has 0 saturated heterocycles. The molecule has 1 aromatic heterocycles. The minimum Gasteiger partial charge on any atom is -0.298 e. The Morgan fingerprint density at radius 3 is 2.12 bits per heavy atom. The zero-order valence-electron chi connectivity index (χ0n) is 10.2. The van der Waals surface area contributed by atoms with Crippen LogP contribution in [0.15, 0.2) is 15.7 Å². The molecule has 4 heteroatoms. The monoisotopic (exact) mass is 234 g/mol. The van der Waals surface area contributed by atoms with Gasteiger partial charge in [-0.05, 0) is 44.4 Å². The van der Waals surface area contributed by atoms with Crippen molar-refractivity contribution in [2.75, 3.05) is 0 Å². The number of rotatable bonds is 4. The summed E-state index contributed by atoms with van der Waals surface area (Å²) < 4.78 is 3.20. The molecule has 0 N–H and O–H groups in total. The smallest absolute Gasteiger partial charge is 0.298 e. The summed E-state index contributed by atoms with van der Waals surface area (Å²) in [4.78, 5) is 24.1. The normalized spacial score (nSPS) is 19.6. The average Bonchev–Trinajstić information content (AvgIpc) is 3.12. The van der Waals surface area contributed by atoms with E-state index in [2.05, 4.69) is 0 Å². The molecule has 1 heterocycles. The van der Waals surface area contributed by atoms with Gasteiger partial charge >= 0.3 is 5.69 Å². The Morgan fingerprint density at radius 2 is 1.59 bits per heavy atom. The predicted octanol–water partition coefficient (Wildman–Crippen LogP) is 1.14. The third-order valence-electron chi connectivity index (χ3n) is 3.76. The van der Waals surface area contributed by atoms with E-state index in [0.717, 1.165) is 25.1 Å². The van der Waals surface area contributed by atoms with E-state index in [4.69, 9.17) is 0 Å². The van der Waals surface area contributed by atoms with Crippen LogP contribution in [-0.4, -0.2) is 9.13 Å². The van der Waals surface area contributed by atoms with Crippen molar-refractivity contribution in [3.63, 3.8) is 0 Å². The second kappa shape index (κ2) is 3.86. The van der Waals surface area contributed by atoms with Crippen molar-refractivity contribution in [2.45, 2.75) is 45.7 Å². The number of aromatic nitrogens is 2. The van der Waals surface area contributed by atoms with Gasteiger partial charge in [-0.2, -0.15) is 0 Å². The SMILES string of the molecule is Cc1cc(=O)n(CC2CC2)c(=O)n1CC1CC1. The number of hydrogen-bond donors (Lipinski definition) is 0. The van der Waals surface area contributed by atoms with Gasteiger partial charge in [-0.15, -0.1) is 0 Å². The van der Waals surface area contributed by atoms with E-state index in [1.54, 1.807) is 10.6 Å². The third kappa shape index (κ3) is 2.21. The second-order valence-electron chi connectivity index (χ2n) is 5.51. The summed E-state index contributed by atoms with van der Waals surface area (Å²) in [6.45, 7) is 3.25. The van der Waals surface area contributed by atoms with E-state index >= 15 is 0 Å². The van der Waals surface area contributed by atoms with E-state index in [1.807, 2.05) is 6.92 Å². The predicted molar refractivity (Wildman–Crippen MR) is 65.1 cm³/mol. The summed E-state index contributed by atoms with van der Waals surface area (Å²) in [5, 5.41) is 0. The van der Waals surface area contributed by atoms with Gasteiger partial charge in [-0.3, -0.25) is 13.9 Å². The number of hydrogen-bond acceptors (Lipinski definition) is 2. The van der Waals surface area contributed by atoms with Crippen molar-refractivity contribution in [2.24, 2.45) is 11.8 Å². The van der Waals surface area contributed by atoms with Crippen molar-refractivity contribution >= 4 is 0 Å². The van der Waals surface area contributed by atoms with Crippen LogP contribution in [-0.2, 0) is 13.1 Å². The van der Waals surface area contributed by atoms with Crippen LogP contribution >= 0.6 is 0 Å². The average molecular weight is 234 g/mol. The fraction of sp³-hybridized carbons (Fsp3) is 0.692. The van der Waals surface area contributed by atoms with Crippen molar-refractivity contribution in [1.82, 2.24) is 9.13 Å². The van der Waals surface area contributed by atoms with Gasteiger partial charge < -0.3 is 0 Å². The molecule has 0 unspecified atom stereocenters. The summed E-state index contributed by atoms with van der Waals surface area (Å²) in [6, 6.07) is 1.60.